The number of hydrogen-bond donors (Lipinski definition) is 2. The number of anilines is 1. The number of ether oxygens (including phenoxy) is 1. The van der Waals surface area contributed by atoms with E-state index in [-0.39, 0.29) is 0 Å². The average molecular weight is 288 g/mol. The van der Waals surface area contributed by atoms with Crippen molar-refractivity contribution in [2.24, 2.45) is 5.73 Å². The molecule has 0 fully saturated rings. The molecule has 0 atom stereocenters. The number of halogens is 1. The molecule has 6 heteroatoms. The van der Waals surface area contributed by atoms with Crippen LogP contribution >= 0.6 is 11.6 Å². The summed E-state index contributed by atoms with van der Waals surface area (Å²) in [6.45, 7) is 0. The van der Waals surface area contributed by atoms with Gasteiger partial charge in [0.15, 0.2) is 0 Å². The molecular formula is C14H10ClN3O2. The lowest BCUT2D eigenvalue weighted by Crippen LogP contribution is -2.19. The highest BCUT2D eigenvalue weighted by molar-refractivity contribution is 6.32. The minimum atomic E-state index is -0.670. The lowest BCUT2D eigenvalue weighted by atomic mass is 10.2. The third-order valence-electron chi connectivity index (χ3n) is 2.41. The van der Waals surface area contributed by atoms with Crippen LogP contribution in [0.15, 0.2) is 42.5 Å². The van der Waals surface area contributed by atoms with Gasteiger partial charge in [-0.3, -0.25) is 0 Å². The summed E-state index contributed by atoms with van der Waals surface area (Å²) in [5.41, 5.74) is 6.05. The number of nitrogens with two attached hydrogens (primary N) is 1. The Morgan fingerprint density at radius 3 is 2.55 bits per heavy atom. The number of primary amides is 1. The largest absolute Gasteiger partial charge is 0.456 e. The quantitative estimate of drug-likeness (QED) is 0.905. The molecule has 20 heavy (non-hydrogen) atoms. The molecule has 0 aliphatic heterocycles. The Hall–Kier alpha value is -2.71. The third-order valence-corrected chi connectivity index (χ3v) is 2.72. The summed E-state index contributed by atoms with van der Waals surface area (Å²) in [5.74, 6) is 0.907. The molecule has 0 bridgehead atoms. The Labute approximate surface area is 120 Å². The van der Waals surface area contributed by atoms with Crippen molar-refractivity contribution in [2.75, 3.05) is 5.32 Å². The van der Waals surface area contributed by atoms with Gasteiger partial charge in [0, 0.05) is 11.8 Å². The maximum Gasteiger partial charge on any atom is 0.316 e. The van der Waals surface area contributed by atoms with Gasteiger partial charge in [-0.15, -0.1) is 0 Å². The SMILES string of the molecule is N#Cc1ccc(Oc2cc(NC(N)=O)ccc2Cl)cc1. The smallest absolute Gasteiger partial charge is 0.316 e. The number of nitriles is 1. The maximum absolute atomic E-state index is 10.8. The van der Waals surface area contributed by atoms with Crippen LogP contribution in [-0.4, -0.2) is 6.03 Å². The third kappa shape index (κ3) is 3.40. The molecule has 0 saturated heterocycles. The van der Waals surface area contributed by atoms with Crippen molar-refractivity contribution in [3.63, 3.8) is 0 Å². The molecular weight excluding hydrogens is 278 g/mol. The molecule has 0 aliphatic carbocycles. The van der Waals surface area contributed by atoms with E-state index in [1.165, 1.54) is 0 Å². The monoisotopic (exact) mass is 287 g/mol. The Balaban J connectivity index is 2.23. The average Bonchev–Trinajstić information content (AvgIpc) is 2.43. The zero-order chi connectivity index (χ0) is 14.5. The molecule has 0 radical (unpaired) electrons. The molecule has 0 aliphatic rings. The number of benzene rings is 2. The fourth-order valence-electron chi connectivity index (χ4n) is 1.53. The minimum absolute atomic E-state index is 0.377. The fraction of sp³-hybridized carbons (Fsp3) is 0. The molecule has 2 amide bonds. The van der Waals surface area contributed by atoms with E-state index in [1.807, 2.05) is 6.07 Å². The van der Waals surface area contributed by atoms with Gasteiger partial charge in [0.05, 0.1) is 16.7 Å². The van der Waals surface area contributed by atoms with Gasteiger partial charge in [0.25, 0.3) is 0 Å². The normalized spacial score (nSPS) is 9.60. The number of nitrogens with zero attached hydrogens (tertiary/aromatic N) is 1. The molecule has 0 heterocycles. The second-order valence-electron chi connectivity index (χ2n) is 3.87. The number of carbonyl (C=O) groups is 1. The lowest BCUT2D eigenvalue weighted by molar-refractivity contribution is 0.259. The van der Waals surface area contributed by atoms with E-state index in [0.29, 0.717) is 27.8 Å². The minimum Gasteiger partial charge on any atom is -0.456 e. The maximum atomic E-state index is 10.8. The van der Waals surface area contributed by atoms with Gasteiger partial charge in [0.1, 0.15) is 11.5 Å². The van der Waals surface area contributed by atoms with Crippen LogP contribution in [0, 0.1) is 11.3 Å². The van der Waals surface area contributed by atoms with Gasteiger partial charge < -0.3 is 15.8 Å². The van der Waals surface area contributed by atoms with E-state index in [1.54, 1.807) is 42.5 Å². The second-order valence-corrected chi connectivity index (χ2v) is 4.28. The van der Waals surface area contributed by atoms with Crippen LogP contribution in [0.2, 0.25) is 5.02 Å². The van der Waals surface area contributed by atoms with E-state index in [0.717, 1.165) is 0 Å². The first-order chi connectivity index (χ1) is 9.58. The van der Waals surface area contributed by atoms with E-state index >= 15 is 0 Å². The van der Waals surface area contributed by atoms with Crippen LogP contribution < -0.4 is 15.8 Å². The van der Waals surface area contributed by atoms with Crippen molar-refractivity contribution >= 4 is 23.3 Å². The Morgan fingerprint density at radius 1 is 1.25 bits per heavy atom. The summed E-state index contributed by atoms with van der Waals surface area (Å²) in [6.07, 6.45) is 0. The van der Waals surface area contributed by atoms with E-state index in [2.05, 4.69) is 5.32 Å². The first-order valence-electron chi connectivity index (χ1n) is 5.62. The first-order valence-corrected chi connectivity index (χ1v) is 6.00. The van der Waals surface area contributed by atoms with E-state index < -0.39 is 6.03 Å². The van der Waals surface area contributed by atoms with Gasteiger partial charge in [0.2, 0.25) is 0 Å². The fourth-order valence-corrected chi connectivity index (χ4v) is 1.68. The highest BCUT2D eigenvalue weighted by Crippen LogP contribution is 2.32. The van der Waals surface area contributed by atoms with Gasteiger partial charge in [-0.25, -0.2) is 4.79 Å². The van der Waals surface area contributed by atoms with Crippen molar-refractivity contribution in [3.8, 4) is 17.6 Å². The highest BCUT2D eigenvalue weighted by Gasteiger charge is 2.06. The second kappa shape index (κ2) is 5.95. The topological polar surface area (TPSA) is 88.1 Å². The molecule has 2 aromatic carbocycles. The number of carbonyl (C=O) groups excluding carboxylic acids is 1. The molecule has 0 aromatic heterocycles. The molecule has 3 N–H and O–H groups in total. The van der Waals surface area contributed by atoms with Crippen molar-refractivity contribution < 1.29 is 9.53 Å². The molecule has 0 saturated carbocycles. The van der Waals surface area contributed by atoms with Crippen LogP contribution in [0.25, 0.3) is 0 Å². The first kappa shape index (κ1) is 13.7. The molecule has 100 valence electrons. The van der Waals surface area contributed by atoms with Crippen LogP contribution in [0.4, 0.5) is 10.5 Å². The number of urea groups is 1. The predicted octanol–water partition coefficient (Wildman–Crippen LogP) is 3.49. The van der Waals surface area contributed by atoms with Gasteiger partial charge in [-0.2, -0.15) is 5.26 Å². The molecule has 5 nitrogen and oxygen atoms in total. The number of rotatable bonds is 3. The summed E-state index contributed by atoms with van der Waals surface area (Å²) in [7, 11) is 0. The lowest BCUT2D eigenvalue weighted by Gasteiger charge is -2.09. The van der Waals surface area contributed by atoms with Gasteiger partial charge in [-0.1, -0.05) is 11.6 Å². The number of hydrogen-bond acceptors (Lipinski definition) is 3. The van der Waals surface area contributed by atoms with E-state index in [9.17, 15) is 4.79 Å². The number of amides is 2. The van der Waals surface area contributed by atoms with Crippen molar-refractivity contribution in [2.45, 2.75) is 0 Å². The standard InChI is InChI=1S/C14H10ClN3O2/c15-12-6-3-10(18-14(17)19)7-13(12)20-11-4-1-9(8-16)2-5-11/h1-7H,(H3,17,18,19). The number of nitrogens with one attached hydrogen (secondary N) is 1. The Morgan fingerprint density at radius 2 is 1.95 bits per heavy atom. The van der Waals surface area contributed by atoms with E-state index in [4.69, 9.17) is 27.3 Å². The van der Waals surface area contributed by atoms with Crippen LogP contribution in [0.5, 0.6) is 11.5 Å². The highest BCUT2D eigenvalue weighted by atomic mass is 35.5. The van der Waals surface area contributed by atoms with Crippen LogP contribution in [-0.2, 0) is 0 Å². The Kier molecular flexibility index (Phi) is 4.08. The van der Waals surface area contributed by atoms with Crippen molar-refractivity contribution in [1.82, 2.24) is 0 Å². The van der Waals surface area contributed by atoms with Crippen LogP contribution in [0.1, 0.15) is 5.56 Å². The summed E-state index contributed by atoms with van der Waals surface area (Å²) >= 11 is 6.02. The summed E-state index contributed by atoms with van der Waals surface area (Å²) in [6, 6.07) is 12.7. The molecule has 0 unspecified atom stereocenters. The predicted molar refractivity (Wildman–Crippen MR) is 75.9 cm³/mol. The summed E-state index contributed by atoms with van der Waals surface area (Å²) < 4.78 is 5.60. The zero-order valence-corrected chi connectivity index (χ0v) is 11.0. The molecule has 2 aromatic rings. The Bertz CT molecular complexity index is 678. The summed E-state index contributed by atoms with van der Waals surface area (Å²) in [5, 5.41) is 11.5. The molecule has 0 spiro atoms. The summed E-state index contributed by atoms with van der Waals surface area (Å²) in [4.78, 5) is 10.8. The van der Waals surface area contributed by atoms with Crippen molar-refractivity contribution in [3.05, 3.63) is 53.1 Å². The zero-order valence-electron chi connectivity index (χ0n) is 10.3. The van der Waals surface area contributed by atoms with Gasteiger partial charge >= 0.3 is 6.03 Å². The van der Waals surface area contributed by atoms with Gasteiger partial charge in [-0.05, 0) is 36.4 Å². The van der Waals surface area contributed by atoms with Crippen molar-refractivity contribution in [1.29, 1.82) is 5.26 Å². The molecule has 2 rings (SSSR count). The van der Waals surface area contributed by atoms with Crippen LogP contribution in [0.3, 0.4) is 0 Å².